The van der Waals surface area contributed by atoms with Crippen molar-refractivity contribution in [2.75, 3.05) is 73.2 Å². The van der Waals surface area contributed by atoms with Crippen LogP contribution in [0.15, 0.2) is 42.5 Å². The Morgan fingerprint density at radius 1 is 0.527 bits per heavy atom. The molecule has 0 saturated carbocycles. The standard InChI is InChI=1S/C12H18O2.C8H18O2.C8H16O.C7H16O2.C6H14O2.C5H12/c1-3-11(2)13-9-10-14-12-7-5-4-6-8-12;1-4-8(3)10-7-6-9-5-2;1-4-6-7-9-8(3)5-2;1-4-7(2)9-6-5-8-3;1-3-6(2)8-5-4-7;1-4-5(2)3/h4-8,11H,3,9-10H2,1-2H3;8H,4-7H2,1-3H3;4,6,8H,5,7H2,1-3H3;7H,4-6H2,1-3H3;6-7H,3-5H2,1-2H3;5H,4H2,1-3H3/b;;6-4+;;;. The highest BCUT2D eigenvalue weighted by Gasteiger charge is 1.99. The summed E-state index contributed by atoms with van der Waals surface area (Å²) in [5.41, 5.74) is 0. The number of aliphatic hydroxyl groups is 1. The normalized spacial score (nSPS) is 13.1. The average molecular weight is 791 g/mol. The second-order valence-corrected chi connectivity index (χ2v) is 13.4. The van der Waals surface area contributed by atoms with Gasteiger partial charge in [-0.2, -0.15) is 0 Å². The van der Waals surface area contributed by atoms with Crippen molar-refractivity contribution in [3.63, 3.8) is 0 Å². The molecule has 0 saturated heterocycles. The van der Waals surface area contributed by atoms with Crippen LogP contribution in [-0.4, -0.2) is 109 Å². The number of para-hydroxylation sites is 1. The summed E-state index contributed by atoms with van der Waals surface area (Å²) in [6.45, 7) is 37.7. The topological polar surface area (TPSA) is 94.1 Å². The van der Waals surface area contributed by atoms with Gasteiger partial charge < -0.3 is 43.0 Å². The molecule has 0 aromatic heterocycles. The Kier molecular flexibility index (Phi) is 62.1. The predicted molar refractivity (Wildman–Crippen MR) is 236 cm³/mol. The molecular formula is C46H94O9. The summed E-state index contributed by atoms with van der Waals surface area (Å²) in [5, 5.41) is 8.29. The molecule has 0 fully saturated rings. The Morgan fingerprint density at radius 3 is 1.29 bits per heavy atom. The Morgan fingerprint density at radius 2 is 0.927 bits per heavy atom. The maximum atomic E-state index is 8.29. The zero-order valence-electron chi connectivity index (χ0n) is 39.0. The van der Waals surface area contributed by atoms with Gasteiger partial charge in [0.1, 0.15) is 12.4 Å². The van der Waals surface area contributed by atoms with Gasteiger partial charge in [-0.3, -0.25) is 0 Å². The summed E-state index contributed by atoms with van der Waals surface area (Å²) in [7, 11) is 1.68. The number of hydrogen-bond acceptors (Lipinski definition) is 9. The third-order valence-electron chi connectivity index (χ3n) is 7.92. The largest absolute Gasteiger partial charge is 0.491 e. The van der Waals surface area contributed by atoms with Crippen LogP contribution in [0.1, 0.15) is 142 Å². The average Bonchev–Trinajstić information content (AvgIpc) is 3.21. The quantitative estimate of drug-likeness (QED) is 0.0727. The monoisotopic (exact) mass is 791 g/mol. The number of aliphatic hydroxyl groups excluding tert-OH is 1. The van der Waals surface area contributed by atoms with Crippen molar-refractivity contribution < 1.29 is 43.0 Å². The minimum absolute atomic E-state index is 0.129. The van der Waals surface area contributed by atoms with Gasteiger partial charge in [0.25, 0.3) is 0 Å². The first kappa shape index (κ1) is 62.6. The molecule has 1 rings (SSSR count). The fraction of sp³-hybridized carbons (Fsp3) is 0.826. The van der Waals surface area contributed by atoms with Gasteiger partial charge in [0.05, 0.1) is 83.4 Å². The van der Waals surface area contributed by atoms with Gasteiger partial charge in [0, 0.05) is 13.7 Å². The Balaban J connectivity index is -0.000000186. The summed E-state index contributed by atoms with van der Waals surface area (Å²) in [4.78, 5) is 0. The molecule has 1 aromatic rings. The Labute approximate surface area is 342 Å². The van der Waals surface area contributed by atoms with E-state index in [2.05, 4.69) is 83.1 Å². The lowest BCUT2D eigenvalue weighted by Gasteiger charge is -2.11. The van der Waals surface area contributed by atoms with E-state index in [0.29, 0.717) is 63.6 Å². The highest BCUT2D eigenvalue weighted by Crippen LogP contribution is 2.08. The van der Waals surface area contributed by atoms with E-state index in [1.807, 2.05) is 63.3 Å². The maximum absolute atomic E-state index is 8.29. The predicted octanol–water partition coefficient (Wildman–Crippen LogP) is 11.4. The van der Waals surface area contributed by atoms with E-state index in [9.17, 15) is 0 Å². The molecule has 0 aliphatic rings. The lowest BCUT2D eigenvalue weighted by Crippen LogP contribution is -2.13. The van der Waals surface area contributed by atoms with Crippen molar-refractivity contribution in [1.82, 2.24) is 0 Å². The van der Waals surface area contributed by atoms with E-state index in [0.717, 1.165) is 70.2 Å². The Hall–Kier alpha value is -1.56. The first-order valence-electron chi connectivity index (χ1n) is 21.4. The summed E-state index contributed by atoms with van der Waals surface area (Å²) in [5.74, 6) is 1.79. The van der Waals surface area contributed by atoms with Gasteiger partial charge in [-0.15, -0.1) is 0 Å². The van der Waals surface area contributed by atoms with Gasteiger partial charge >= 0.3 is 0 Å². The van der Waals surface area contributed by atoms with E-state index in [1.165, 1.54) is 6.42 Å². The second kappa shape index (κ2) is 54.5. The van der Waals surface area contributed by atoms with Gasteiger partial charge in [-0.25, -0.2) is 0 Å². The smallest absolute Gasteiger partial charge is 0.119 e. The number of benzene rings is 1. The molecule has 1 aromatic carbocycles. The highest BCUT2D eigenvalue weighted by atomic mass is 16.5. The van der Waals surface area contributed by atoms with Crippen LogP contribution in [0.2, 0.25) is 0 Å². The lowest BCUT2D eigenvalue weighted by molar-refractivity contribution is 0.0142. The molecule has 55 heavy (non-hydrogen) atoms. The summed E-state index contributed by atoms with van der Waals surface area (Å²) >= 11 is 0. The number of rotatable bonds is 26. The number of hydrogen-bond donors (Lipinski definition) is 1. The molecule has 5 unspecified atom stereocenters. The first-order chi connectivity index (χ1) is 26.3. The van der Waals surface area contributed by atoms with Crippen molar-refractivity contribution in [2.45, 2.75) is 173 Å². The van der Waals surface area contributed by atoms with Crippen LogP contribution in [0.25, 0.3) is 0 Å². The van der Waals surface area contributed by atoms with Crippen LogP contribution >= 0.6 is 0 Å². The molecule has 9 heteroatoms. The number of ether oxygens (including phenoxy) is 8. The van der Waals surface area contributed by atoms with Crippen LogP contribution in [-0.2, 0) is 33.2 Å². The minimum Gasteiger partial charge on any atom is -0.491 e. The molecule has 0 aliphatic carbocycles. The second-order valence-electron chi connectivity index (χ2n) is 13.4. The molecule has 0 aliphatic heterocycles. The maximum Gasteiger partial charge on any atom is 0.119 e. The zero-order valence-corrected chi connectivity index (χ0v) is 39.0. The zero-order chi connectivity index (χ0) is 43.0. The number of allylic oxidation sites excluding steroid dienone is 1. The van der Waals surface area contributed by atoms with Crippen LogP contribution in [0.3, 0.4) is 0 Å². The van der Waals surface area contributed by atoms with Crippen molar-refractivity contribution in [3.05, 3.63) is 42.5 Å². The molecule has 0 heterocycles. The summed E-state index contributed by atoms with van der Waals surface area (Å²) in [6.07, 6.45) is 12.4. The van der Waals surface area contributed by atoms with Crippen LogP contribution in [0, 0.1) is 5.92 Å². The first-order valence-corrected chi connectivity index (χ1v) is 21.4. The van der Waals surface area contributed by atoms with Gasteiger partial charge in [0.15, 0.2) is 0 Å². The van der Waals surface area contributed by atoms with E-state index in [1.54, 1.807) is 7.11 Å². The fourth-order valence-corrected chi connectivity index (χ4v) is 2.87. The lowest BCUT2D eigenvalue weighted by atomic mass is 10.2. The van der Waals surface area contributed by atoms with Crippen LogP contribution in [0.4, 0.5) is 0 Å². The summed E-state index contributed by atoms with van der Waals surface area (Å²) < 4.78 is 42.0. The molecular weight excluding hydrogens is 696 g/mol. The van der Waals surface area contributed by atoms with E-state index < -0.39 is 0 Å². The highest BCUT2D eigenvalue weighted by molar-refractivity contribution is 5.20. The molecule has 9 nitrogen and oxygen atoms in total. The SMILES string of the molecule is C/C=C/COC(C)CC.CCC(C)C.CCC(C)OCCO.CCC(C)OCCOC.CCC(C)OCCOc1ccccc1.CCOCCOC(C)CC. The molecule has 0 amide bonds. The molecule has 5 atom stereocenters. The summed E-state index contributed by atoms with van der Waals surface area (Å²) in [6, 6.07) is 9.80. The molecule has 0 radical (unpaired) electrons. The third kappa shape index (κ3) is 64.6. The number of methoxy groups -OCH3 is 1. The van der Waals surface area contributed by atoms with Crippen LogP contribution in [0.5, 0.6) is 5.75 Å². The van der Waals surface area contributed by atoms with E-state index >= 15 is 0 Å². The van der Waals surface area contributed by atoms with Gasteiger partial charge in [-0.05, 0) is 98.6 Å². The molecule has 332 valence electrons. The van der Waals surface area contributed by atoms with Gasteiger partial charge in [0.2, 0.25) is 0 Å². The van der Waals surface area contributed by atoms with Crippen molar-refractivity contribution in [2.24, 2.45) is 5.92 Å². The Bertz CT molecular complexity index is 795. The van der Waals surface area contributed by atoms with Crippen molar-refractivity contribution >= 4 is 0 Å². The fourth-order valence-electron chi connectivity index (χ4n) is 2.87. The van der Waals surface area contributed by atoms with Crippen molar-refractivity contribution in [3.8, 4) is 5.75 Å². The van der Waals surface area contributed by atoms with E-state index in [4.69, 9.17) is 43.0 Å². The molecule has 0 bridgehead atoms. The van der Waals surface area contributed by atoms with E-state index in [-0.39, 0.29) is 6.61 Å². The minimum atomic E-state index is 0.129. The van der Waals surface area contributed by atoms with Crippen molar-refractivity contribution in [1.29, 1.82) is 0 Å². The van der Waals surface area contributed by atoms with Gasteiger partial charge in [-0.1, -0.05) is 92.2 Å². The molecule has 1 N–H and O–H groups in total. The molecule has 0 spiro atoms. The third-order valence-corrected chi connectivity index (χ3v) is 7.92. The van der Waals surface area contributed by atoms with Crippen LogP contribution < -0.4 is 4.74 Å².